The summed E-state index contributed by atoms with van der Waals surface area (Å²) in [5.41, 5.74) is 0. The van der Waals surface area contributed by atoms with Crippen molar-refractivity contribution in [3.05, 3.63) is 48.4 Å². The molecule has 1 N–H and O–H groups in total. The number of carbonyl (C=O) groups is 1. The third kappa shape index (κ3) is 2.54. The molecule has 98 valence electrons. The van der Waals surface area contributed by atoms with Crippen LogP contribution < -0.4 is 14.8 Å². The Balaban J connectivity index is 1.60. The van der Waals surface area contributed by atoms with Crippen molar-refractivity contribution in [3.8, 4) is 11.5 Å². The third-order valence-electron chi connectivity index (χ3n) is 2.82. The number of carbonyl (C=O) groups excluding carboxylic acids is 1. The van der Waals surface area contributed by atoms with Gasteiger partial charge in [-0.05, 0) is 24.3 Å². The maximum atomic E-state index is 11.9. The van der Waals surface area contributed by atoms with Crippen molar-refractivity contribution in [2.45, 2.75) is 12.6 Å². The Morgan fingerprint density at radius 2 is 2.05 bits per heavy atom. The molecule has 1 aliphatic rings. The number of para-hydroxylation sites is 2. The predicted octanol–water partition coefficient (Wildman–Crippen LogP) is 1.74. The van der Waals surface area contributed by atoms with E-state index < -0.39 is 6.10 Å². The van der Waals surface area contributed by atoms with Crippen LogP contribution in [0.15, 0.2) is 47.1 Å². The minimum atomic E-state index is -0.634. The van der Waals surface area contributed by atoms with E-state index in [9.17, 15) is 4.79 Å². The van der Waals surface area contributed by atoms with Crippen LogP contribution in [0.2, 0.25) is 0 Å². The fourth-order valence-electron chi connectivity index (χ4n) is 1.85. The fourth-order valence-corrected chi connectivity index (χ4v) is 1.85. The molecule has 0 fully saturated rings. The molecule has 0 radical (unpaired) electrons. The highest BCUT2D eigenvalue weighted by molar-refractivity contribution is 5.81. The quantitative estimate of drug-likeness (QED) is 0.912. The maximum Gasteiger partial charge on any atom is 0.265 e. The van der Waals surface area contributed by atoms with Crippen LogP contribution in [0.5, 0.6) is 11.5 Å². The second-order valence-corrected chi connectivity index (χ2v) is 4.16. The van der Waals surface area contributed by atoms with Crippen molar-refractivity contribution in [1.29, 1.82) is 0 Å². The number of benzene rings is 1. The first-order valence-electron chi connectivity index (χ1n) is 6.01. The van der Waals surface area contributed by atoms with E-state index >= 15 is 0 Å². The Labute approximate surface area is 110 Å². The monoisotopic (exact) mass is 259 g/mol. The molecule has 2 aromatic rings. The van der Waals surface area contributed by atoms with E-state index in [1.54, 1.807) is 24.5 Å². The van der Waals surface area contributed by atoms with Crippen LogP contribution in [-0.2, 0) is 11.3 Å². The van der Waals surface area contributed by atoms with E-state index in [2.05, 4.69) is 5.32 Å². The molecule has 0 aliphatic carbocycles. The predicted molar refractivity (Wildman–Crippen MR) is 66.9 cm³/mol. The molecule has 2 heterocycles. The maximum absolute atomic E-state index is 11.9. The number of rotatable bonds is 3. The van der Waals surface area contributed by atoms with E-state index in [0.29, 0.717) is 23.8 Å². The van der Waals surface area contributed by atoms with Crippen molar-refractivity contribution in [1.82, 2.24) is 5.32 Å². The zero-order chi connectivity index (χ0) is 13.1. The van der Waals surface area contributed by atoms with Crippen molar-refractivity contribution < 1.29 is 18.7 Å². The summed E-state index contributed by atoms with van der Waals surface area (Å²) in [4.78, 5) is 11.9. The highest BCUT2D eigenvalue weighted by Gasteiger charge is 2.26. The zero-order valence-corrected chi connectivity index (χ0v) is 10.2. The van der Waals surface area contributed by atoms with Gasteiger partial charge in [-0.2, -0.15) is 0 Å². The van der Waals surface area contributed by atoms with Gasteiger partial charge in [-0.25, -0.2) is 0 Å². The summed E-state index contributed by atoms with van der Waals surface area (Å²) in [5, 5.41) is 2.75. The van der Waals surface area contributed by atoms with Gasteiger partial charge in [0.2, 0.25) is 6.10 Å². The van der Waals surface area contributed by atoms with Gasteiger partial charge in [0.25, 0.3) is 5.91 Å². The molecular formula is C14H13NO4. The summed E-state index contributed by atoms with van der Waals surface area (Å²) in [6.45, 7) is 0.550. The number of fused-ring (bicyclic) bond motifs is 1. The molecule has 1 aliphatic heterocycles. The van der Waals surface area contributed by atoms with Crippen LogP contribution in [0.1, 0.15) is 5.76 Å². The van der Waals surface area contributed by atoms with Gasteiger partial charge >= 0.3 is 0 Å². The molecule has 1 amide bonds. The molecule has 19 heavy (non-hydrogen) atoms. The van der Waals surface area contributed by atoms with E-state index in [-0.39, 0.29) is 12.5 Å². The van der Waals surface area contributed by atoms with Gasteiger partial charge in [0.15, 0.2) is 11.5 Å². The van der Waals surface area contributed by atoms with Gasteiger partial charge < -0.3 is 19.2 Å². The van der Waals surface area contributed by atoms with Crippen molar-refractivity contribution >= 4 is 5.91 Å². The average Bonchev–Trinajstić information content (AvgIpc) is 2.97. The molecule has 0 saturated heterocycles. The topological polar surface area (TPSA) is 60.7 Å². The molecule has 5 nitrogen and oxygen atoms in total. The van der Waals surface area contributed by atoms with Gasteiger partial charge in [-0.3, -0.25) is 4.79 Å². The van der Waals surface area contributed by atoms with Crippen LogP contribution >= 0.6 is 0 Å². The SMILES string of the molecule is O=C(NCc1ccco1)[C@H]1COc2ccccc2O1. The average molecular weight is 259 g/mol. The molecule has 0 bridgehead atoms. The minimum absolute atomic E-state index is 0.209. The molecule has 1 aromatic carbocycles. The molecular weight excluding hydrogens is 246 g/mol. The van der Waals surface area contributed by atoms with Gasteiger partial charge in [-0.15, -0.1) is 0 Å². The lowest BCUT2D eigenvalue weighted by molar-refractivity contribution is -0.130. The third-order valence-corrected chi connectivity index (χ3v) is 2.82. The lowest BCUT2D eigenvalue weighted by atomic mass is 10.2. The van der Waals surface area contributed by atoms with Crippen LogP contribution in [0.3, 0.4) is 0 Å². The highest BCUT2D eigenvalue weighted by Crippen LogP contribution is 2.30. The number of hydrogen-bond acceptors (Lipinski definition) is 4. The van der Waals surface area contributed by atoms with E-state index in [1.807, 2.05) is 18.2 Å². The van der Waals surface area contributed by atoms with Crippen molar-refractivity contribution in [2.75, 3.05) is 6.61 Å². The summed E-state index contributed by atoms with van der Waals surface area (Å²) in [6, 6.07) is 10.9. The minimum Gasteiger partial charge on any atom is -0.485 e. The van der Waals surface area contributed by atoms with Crippen LogP contribution in [-0.4, -0.2) is 18.6 Å². The molecule has 1 aromatic heterocycles. The van der Waals surface area contributed by atoms with Crippen LogP contribution in [0.4, 0.5) is 0 Å². The van der Waals surface area contributed by atoms with Gasteiger partial charge in [0.1, 0.15) is 12.4 Å². The zero-order valence-electron chi connectivity index (χ0n) is 10.2. The number of furan rings is 1. The summed E-state index contributed by atoms with van der Waals surface area (Å²) < 4.78 is 16.2. The molecule has 1 atom stereocenters. The lowest BCUT2D eigenvalue weighted by Crippen LogP contribution is -2.43. The Bertz CT molecular complexity index is 565. The summed E-state index contributed by atoms with van der Waals surface area (Å²) >= 11 is 0. The summed E-state index contributed by atoms with van der Waals surface area (Å²) in [5.74, 6) is 1.74. The largest absolute Gasteiger partial charge is 0.485 e. The Morgan fingerprint density at radius 1 is 1.21 bits per heavy atom. The van der Waals surface area contributed by atoms with E-state index in [0.717, 1.165) is 0 Å². The first-order chi connectivity index (χ1) is 9.33. The number of hydrogen-bond donors (Lipinski definition) is 1. The smallest absolute Gasteiger partial charge is 0.265 e. The fraction of sp³-hybridized carbons (Fsp3) is 0.214. The first kappa shape index (κ1) is 11.6. The highest BCUT2D eigenvalue weighted by atomic mass is 16.6. The second kappa shape index (κ2) is 5.06. The second-order valence-electron chi connectivity index (χ2n) is 4.16. The normalized spacial score (nSPS) is 16.9. The number of amides is 1. The lowest BCUT2D eigenvalue weighted by Gasteiger charge is -2.25. The van der Waals surface area contributed by atoms with Gasteiger partial charge in [0, 0.05) is 0 Å². The number of nitrogens with one attached hydrogen (secondary N) is 1. The van der Waals surface area contributed by atoms with Crippen molar-refractivity contribution in [2.24, 2.45) is 0 Å². The molecule has 0 spiro atoms. The molecule has 3 rings (SSSR count). The molecule has 5 heteroatoms. The van der Waals surface area contributed by atoms with Crippen LogP contribution in [0, 0.1) is 0 Å². The Kier molecular flexibility index (Phi) is 3.10. The van der Waals surface area contributed by atoms with Gasteiger partial charge in [-0.1, -0.05) is 12.1 Å². The van der Waals surface area contributed by atoms with Crippen molar-refractivity contribution in [3.63, 3.8) is 0 Å². The number of ether oxygens (including phenoxy) is 2. The first-order valence-corrected chi connectivity index (χ1v) is 6.01. The Morgan fingerprint density at radius 3 is 2.84 bits per heavy atom. The molecule has 0 unspecified atom stereocenters. The Hall–Kier alpha value is -2.43. The van der Waals surface area contributed by atoms with Gasteiger partial charge in [0.05, 0.1) is 12.8 Å². The molecule has 0 saturated carbocycles. The summed E-state index contributed by atoms with van der Waals surface area (Å²) in [7, 11) is 0. The summed E-state index contributed by atoms with van der Waals surface area (Å²) in [6.07, 6.45) is 0.933. The van der Waals surface area contributed by atoms with E-state index in [1.165, 1.54) is 0 Å². The van der Waals surface area contributed by atoms with Crippen LogP contribution in [0.25, 0.3) is 0 Å². The van der Waals surface area contributed by atoms with E-state index in [4.69, 9.17) is 13.9 Å². The standard InChI is InChI=1S/C14H13NO4/c16-14(15-8-10-4-3-7-17-10)13-9-18-11-5-1-2-6-12(11)19-13/h1-7,13H,8-9H2,(H,15,16)/t13-/m1/s1.